The molecule has 0 radical (unpaired) electrons. The number of aromatic amines is 1. The monoisotopic (exact) mass is 989 g/mol. The molecule has 5 aromatic rings. The Hall–Kier alpha value is -6.20. The lowest BCUT2D eigenvalue weighted by Crippen LogP contribution is -2.59. The summed E-state index contributed by atoms with van der Waals surface area (Å²) < 4.78 is 30.7. The highest BCUT2D eigenvalue weighted by atomic mass is 28.4. The molecule has 15 nitrogen and oxygen atoms in total. The van der Waals surface area contributed by atoms with E-state index in [0.717, 1.165) is 40.5 Å². The van der Waals surface area contributed by atoms with Crippen LogP contribution in [0.2, 0.25) is 18.1 Å². The van der Waals surface area contributed by atoms with Crippen molar-refractivity contribution in [1.82, 2.24) is 25.8 Å². The third kappa shape index (κ3) is 14.0. The molecule has 16 heteroatoms. The van der Waals surface area contributed by atoms with Crippen LogP contribution in [-0.2, 0) is 25.2 Å². The van der Waals surface area contributed by atoms with E-state index in [9.17, 15) is 24.3 Å². The number of fused-ring (bicyclic) bond motifs is 3. The van der Waals surface area contributed by atoms with Gasteiger partial charge in [0.1, 0.15) is 29.8 Å². The first-order valence-corrected chi connectivity index (χ1v) is 27.6. The number of rotatable bonds is 18. The summed E-state index contributed by atoms with van der Waals surface area (Å²) >= 11 is 0. The Labute approximate surface area is 418 Å². The fourth-order valence-corrected chi connectivity index (χ4v) is 10.0. The quantitative estimate of drug-likeness (QED) is 0.0416. The summed E-state index contributed by atoms with van der Waals surface area (Å²) in [4.78, 5) is 56.2. The normalized spacial score (nSPS) is 18.0. The van der Waals surface area contributed by atoms with Crippen LogP contribution in [0, 0.1) is 11.8 Å². The van der Waals surface area contributed by atoms with E-state index < -0.39 is 32.2 Å². The lowest BCUT2D eigenvalue weighted by atomic mass is 9.85. The number of benzene rings is 4. The molecule has 5 N–H and O–H groups in total. The lowest BCUT2D eigenvalue weighted by molar-refractivity contribution is -0.124. The first-order valence-electron chi connectivity index (χ1n) is 24.7. The minimum atomic E-state index is -2.21. The van der Waals surface area contributed by atoms with E-state index in [0.29, 0.717) is 62.8 Å². The molecular formula is C55H71N5O10Si. The van der Waals surface area contributed by atoms with Gasteiger partial charge in [0.25, 0.3) is 5.91 Å². The van der Waals surface area contributed by atoms with E-state index in [-0.39, 0.29) is 52.9 Å². The zero-order valence-electron chi connectivity index (χ0n) is 42.3. The van der Waals surface area contributed by atoms with Crippen molar-refractivity contribution in [3.8, 4) is 11.5 Å². The molecule has 7 rings (SSSR count). The number of likely N-dealkylation sites (tertiary alicyclic amines) is 1. The maximum absolute atomic E-state index is 13.7. The predicted molar refractivity (Wildman–Crippen MR) is 276 cm³/mol. The fourth-order valence-electron chi connectivity index (χ4n) is 8.75. The van der Waals surface area contributed by atoms with Crippen LogP contribution in [-0.4, -0.2) is 99.0 Å². The van der Waals surface area contributed by atoms with Gasteiger partial charge in [0.2, 0.25) is 5.56 Å². The molecule has 2 aliphatic heterocycles. The first-order chi connectivity index (χ1) is 33.7. The van der Waals surface area contributed by atoms with Crippen molar-refractivity contribution in [2.24, 2.45) is 11.8 Å². The minimum absolute atomic E-state index is 0.0165. The number of aromatic nitrogens is 1. The number of amides is 3. The maximum atomic E-state index is 13.7. The second-order valence-electron chi connectivity index (χ2n) is 21.2. The van der Waals surface area contributed by atoms with Gasteiger partial charge >= 0.3 is 12.2 Å². The van der Waals surface area contributed by atoms with Gasteiger partial charge in [0, 0.05) is 55.0 Å². The number of phenolic OH excluding ortho intramolecular Hbond substituents is 1. The van der Waals surface area contributed by atoms with Gasteiger partial charge < -0.3 is 54.3 Å². The van der Waals surface area contributed by atoms with Crippen LogP contribution in [0.5, 0.6) is 11.5 Å². The molecule has 2 bridgehead atoms. The van der Waals surface area contributed by atoms with E-state index in [4.69, 9.17) is 23.4 Å². The highest BCUT2D eigenvalue weighted by molar-refractivity contribution is 6.74. The van der Waals surface area contributed by atoms with E-state index in [1.807, 2.05) is 93.6 Å². The van der Waals surface area contributed by atoms with Crippen molar-refractivity contribution < 1.29 is 42.9 Å². The molecule has 4 aromatic carbocycles. The van der Waals surface area contributed by atoms with Crippen molar-refractivity contribution in [2.75, 3.05) is 45.9 Å². The van der Waals surface area contributed by atoms with Crippen LogP contribution in [0.3, 0.4) is 0 Å². The molecule has 0 spiro atoms. The smallest absolute Gasteiger partial charge is 0.410 e. The average Bonchev–Trinajstić information content (AvgIpc) is 3.31. The molecular weight excluding hydrogens is 919 g/mol. The van der Waals surface area contributed by atoms with Crippen molar-refractivity contribution in [2.45, 2.75) is 103 Å². The molecule has 380 valence electrons. The number of phenols is 1. The highest BCUT2D eigenvalue weighted by Gasteiger charge is 2.45. The summed E-state index contributed by atoms with van der Waals surface area (Å²) in [6.45, 7) is 20.1. The predicted octanol–water partition coefficient (Wildman–Crippen LogP) is 9.37. The van der Waals surface area contributed by atoms with Crippen LogP contribution in [0.1, 0.15) is 99.1 Å². The third-order valence-electron chi connectivity index (χ3n) is 13.5. The molecule has 2 fully saturated rings. The van der Waals surface area contributed by atoms with Gasteiger partial charge in [0.15, 0.2) is 8.32 Å². The molecule has 2 saturated heterocycles. The van der Waals surface area contributed by atoms with Gasteiger partial charge in [-0.25, -0.2) is 9.59 Å². The van der Waals surface area contributed by atoms with Crippen LogP contribution >= 0.6 is 0 Å². The maximum Gasteiger partial charge on any atom is 0.410 e. The zero-order chi connectivity index (χ0) is 50.9. The second-order valence-corrected chi connectivity index (χ2v) is 25.9. The Morgan fingerprint density at radius 2 is 1.54 bits per heavy atom. The number of carbonyl (C=O) groups excluding carboxylic acids is 3. The molecule has 4 atom stereocenters. The Balaban J connectivity index is 0.880. The largest absolute Gasteiger partial charge is 0.506 e. The fraction of sp³-hybridized carbons (Fsp3) is 0.455. The summed E-state index contributed by atoms with van der Waals surface area (Å²) in [6, 6.07) is 30.7. The van der Waals surface area contributed by atoms with Crippen molar-refractivity contribution >= 4 is 37.3 Å². The summed E-state index contributed by atoms with van der Waals surface area (Å²) in [5, 5.41) is 20.9. The molecule has 2 aliphatic rings. The number of aromatic hydroxyl groups is 1. The van der Waals surface area contributed by atoms with Crippen LogP contribution in [0.25, 0.3) is 10.9 Å². The van der Waals surface area contributed by atoms with Gasteiger partial charge in [-0.3, -0.25) is 9.59 Å². The standard InChI is InChI=1S/C55H71N5O10Si/c1-54(2,3)69-53(65)60-31-40-34-66-35-41(32-60)50(40)68-52(64)59-48(37-15-10-9-11-16-37)39-17-14-18-42(29-39)67-33-36-19-21-38(22-20-36)51(63)57-28-13-12-27-56-30-46(70-71(7,8)55(4,5)6)43-23-25-45(61)49-44(43)24-26-47(62)58-49/h9-11,14-26,29,40-41,46,48,50,56,61H,12-13,27-28,30-35H2,1-8H3,(H,57,63)(H,58,62)(H,59,64)/t40?,41?,46-,48?,50?/m0/s1. The number of H-pyrrole nitrogens is 1. The summed E-state index contributed by atoms with van der Waals surface area (Å²) in [7, 11) is -2.21. The number of nitrogens with one attached hydrogen (secondary N) is 4. The van der Waals surface area contributed by atoms with Crippen LogP contribution in [0.15, 0.2) is 108 Å². The van der Waals surface area contributed by atoms with E-state index in [1.54, 1.807) is 29.2 Å². The highest BCUT2D eigenvalue weighted by Crippen LogP contribution is 2.41. The molecule has 3 amide bonds. The van der Waals surface area contributed by atoms with Gasteiger partial charge in [-0.1, -0.05) is 81.4 Å². The lowest BCUT2D eigenvalue weighted by Gasteiger charge is -2.46. The number of alkyl carbamates (subject to hydrolysis) is 1. The summed E-state index contributed by atoms with van der Waals surface area (Å²) in [6.07, 6.45) is -0.0620. The summed E-state index contributed by atoms with van der Waals surface area (Å²) in [5.74, 6) is 0.0996. The molecule has 0 saturated carbocycles. The van der Waals surface area contributed by atoms with Gasteiger partial charge in [-0.15, -0.1) is 0 Å². The number of hydrogen-bond donors (Lipinski definition) is 5. The second kappa shape index (κ2) is 22.9. The zero-order valence-corrected chi connectivity index (χ0v) is 43.3. The Bertz CT molecular complexity index is 2650. The van der Waals surface area contributed by atoms with Crippen LogP contribution < -0.4 is 26.2 Å². The number of nitrogens with zero attached hydrogens (tertiary/aromatic N) is 1. The molecule has 71 heavy (non-hydrogen) atoms. The SMILES string of the molecule is CC(C)(C)OC(=O)N1CC2COCC(C1)C2OC(=O)NC(c1ccccc1)c1cccc(OCc2ccc(C(=O)NCCCCNC[C@H](O[Si](C)(C)C(C)(C)C)c3ccc(O)c4[nH]c(=O)ccc34)cc2)c1. The number of pyridine rings is 1. The summed E-state index contributed by atoms with van der Waals surface area (Å²) in [5.41, 5.74) is 3.51. The van der Waals surface area contributed by atoms with E-state index >= 15 is 0 Å². The minimum Gasteiger partial charge on any atom is -0.506 e. The third-order valence-corrected chi connectivity index (χ3v) is 18.0. The Morgan fingerprint density at radius 1 is 0.845 bits per heavy atom. The number of ether oxygens (including phenoxy) is 4. The van der Waals surface area contributed by atoms with E-state index in [1.165, 1.54) is 6.07 Å². The number of carbonyl (C=O) groups is 3. The van der Waals surface area contributed by atoms with Crippen molar-refractivity contribution in [3.05, 3.63) is 141 Å². The molecule has 1 aromatic heterocycles. The van der Waals surface area contributed by atoms with Gasteiger partial charge in [0.05, 0.1) is 30.9 Å². The van der Waals surface area contributed by atoms with Crippen LogP contribution in [0.4, 0.5) is 9.59 Å². The molecule has 3 heterocycles. The van der Waals surface area contributed by atoms with Crippen molar-refractivity contribution in [1.29, 1.82) is 0 Å². The Morgan fingerprint density at radius 3 is 2.23 bits per heavy atom. The average molecular weight is 990 g/mol. The number of unbranched alkanes of at least 4 members (excludes halogenated alkanes) is 1. The van der Waals surface area contributed by atoms with Crippen molar-refractivity contribution in [3.63, 3.8) is 0 Å². The van der Waals surface area contributed by atoms with E-state index in [2.05, 4.69) is 54.8 Å². The molecule has 0 aliphatic carbocycles. The number of hydrogen-bond acceptors (Lipinski definition) is 11. The topological polar surface area (TPSA) is 190 Å². The molecule has 3 unspecified atom stereocenters. The first kappa shape index (κ1) is 52.6. The Kier molecular flexibility index (Phi) is 17.0. The number of piperidine rings is 1. The van der Waals surface area contributed by atoms with Gasteiger partial charge in [-0.05, 0) is 117 Å². The van der Waals surface area contributed by atoms with Gasteiger partial charge in [-0.2, -0.15) is 0 Å².